The Morgan fingerprint density at radius 1 is 0.426 bits per heavy atom. The van der Waals surface area contributed by atoms with Crippen molar-refractivity contribution in [3.05, 3.63) is 181 Å². The predicted octanol–water partition coefficient (Wildman–Crippen LogP) is 11.4. The molecule has 0 aliphatic rings. The van der Waals surface area contributed by atoms with Crippen molar-refractivity contribution in [2.45, 2.75) is 46.2 Å². The second kappa shape index (κ2) is 32.0. The van der Waals surface area contributed by atoms with Crippen molar-refractivity contribution in [2.24, 2.45) is 0 Å². The van der Waals surface area contributed by atoms with Crippen LogP contribution in [0.15, 0.2) is 193 Å². The Morgan fingerprint density at radius 3 is 1.27 bits per heavy atom. The van der Waals surface area contributed by atoms with E-state index in [0.29, 0.717) is 75.9 Å². The number of para-hydroxylation sites is 1. The van der Waals surface area contributed by atoms with Crippen LogP contribution in [-0.2, 0) is 26.2 Å². The zero-order chi connectivity index (χ0) is 73.6. The summed E-state index contributed by atoms with van der Waals surface area (Å²) in [5.41, 5.74) is 40.2. The van der Waals surface area contributed by atoms with Gasteiger partial charge in [-0.15, -0.1) is 24.8 Å². The van der Waals surface area contributed by atoms with Crippen LogP contribution in [0.4, 0.5) is 58.2 Å². The fourth-order valence-electron chi connectivity index (χ4n) is 11.1. The summed E-state index contributed by atoms with van der Waals surface area (Å²) in [5.74, 6) is 3.34. The third kappa shape index (κ3) is 15.5. The van der Waals surface area contributed by atoms with Crippen LogP contribution in [0.25, 0.3) is 118 Å². The summed E-state index contributed by atoms with van der Waals surface area (Å²) in [4.78, 5) is 42.7. The molecule has 548 valence electrons. The maximum Gasteiger partial charge on any atom is 0.406 e. The van der Waals surface area contributed by atoms with Gasteiger partial charge in [-0.3, -0.25) is 19.5 Å². The largest absolute Gasteiger partial charge is 0.406 e. The van der Waals surface area contributed by atoms with Crippen molar-refractivity contribution in [3.63, 3.8) is 0 Å². The molecule has 0 unspecified atom stereocenters. The van der Waals surface area contributed by atoms with Crippen LogP contribution in [-0.4, -0.2) is 130 Å². The van der Waals surface area contributed by atoms with Crippen molar-refractivity contribution in [1.29, 1.82) is 0 Å². The number of pyridine rings is 5. The van der Waals surface area contributed by atoms with Crippen LogP contribution in [0.2, 0.25) is 0 Å². The summed E-state index contributed by atoms with van der Waals surface area (Å²) in [6.07, 6.45) is 8.46. The number of nitrogen functional groups attached to an aromatic ring is 5. The summed E-state index contributed by atoms with van der Waals surface area (Å²) >= 11 is 3.34. The summed E-state index contributed by atoms with van der Waals surface area (Å²) in [5, 5.41) is 39.8. The van der Waals surface area contributed by atoms with E-state index in [1.807, 2.05) is 94.3 Å². The number of alkyl halides is 3. The molecule has 0 saturated carbocycles. The molecule has 0 spiro atoms. The molecule has 0 atom stereocenters. The molecular formula is C65H54BrCl2F4N31O5. The van der Waals surface area contributed by atoms with Gasteiger partial charge in [0.25, 0.3) is 0 Å². The standard InChI is InChI=1S/C16H15N7O.C15H12N6O.C14H9FN6O.C10H9BrN6O.C10H7F3N6O.2ClH/c1-2-23-12-8-13(19-10-6-4-3-5-7-10)18-9-11(12)20-16(23)14-15(17)22-24-21-14;16-14-13(19-22-20-14)15-18-11-8-17-7-6-12(11)21(15)9-10-4-2-1-3-5-10;15-8-1-3-9(4-2-8)21-11-5-6-17-7-10(11)18-14(21)12-13(16)20-22-19-12;1-2-17-6-3-7(11)13-4-5(6)14-10(17)8-9(12)16-18-15-8;11-10(12,13)4-19-6-1-2-15-3-5(6)16-9(19)7-8(14)18-20-17-7;;/h3-9H,2H2,1H3,(H2,17,22)(H,18,19);1-8H,9H2,(H2,16,20);1-7H,(H2,16,20);3-4H,2H2,1H3,(H2,12,16);1-3H,4H2,(H2,14,18);2*1H. The lowest BCUT2D eigenvalue weighted by molar-refractivity contribution is -0.139. The molecule has 18 aromatic rings. The number of imidazole rings is 5. The Balaban J connectivity index is 0.000000126. The van der Waals surface area contributed by atoms with Crippen molar-refractivity contribution >= 4 is 137 Å². The maximum atomic E-state index is 13.2. The van der Waals surface area contributed by atoms with Crippen LogP contribution in [0.1, 0.15) is 19.4 Å². The first-order valence-corrected chi connectivity index (χ1v) is 32.2. The first kappa shape index (κ1) is 73.8. The van der Waals surface area contributed by atoms with Crippen LogP contribution in [0, 0.1) is 5.82 Å². The fraction of sp³-hybridized carbons (Fsp3) is 0.108. The van der Waals surface area contributed by atoms with Gasteiger partial charge in [0.05, 0.1) is 58.6 Å². The summed E-state index contributed by atoms with van der Waals surface area (Å²) < 4.78 is 83.9. The topological polar surface area (TPSA) is 490 Å². The van der Waals surface area contributed by atoms with Gasteiger partial charge in [0, 0.05) is 55.7 Å². The lowest BCUT2D eigenvalue weighted by atomic mass is 10.2. The van der Waals surface area contributed by atoms with Crippen molar-refractivity contribution in [1.82, 2.24) is 124 Å². The third-order valence-corrected chi connectivity index (χ3v) is 16.1. The van der Waals surface area contributed by atoms with Crippen molar-refractivity contribution in [3.8, 4) is 63.3 Å². The third-order valence-electron chi connectivity index (χ3n) is 15.7. The fourth-order valence-corrected chi connectivity index (χ4v) is 11.4. The number of nitrogens with zero attached hydrogens (tertiary/aromatic N) is 25. The number of rotatable bonds is 13. The average Bonchev–Trinajstić information content (AvgIpc) is 1.63. The number of benzene rings is 3. The van der Waals surface area contributed by atoms with Gasteiger partial charge in [0.15, 0.2) is 86.7 Å². The molecule has 15 heterocycles. The van der Waals surface area contributed by atoms with Gasteiger partial charge >= 0.3 is 6.18 Å². The van der Waals surface area contributed by atoms with Gasteiger partial charge in [-0.1, -0.05) is 48.5 Å². The monoisotopic (exact) mass is 1570 g/mol. The first-order valence-electron chi connectivity index (χ1n) is 31.4. The Bertz CT molecular complexity index is 6080. The Morgan fingerprint density at radius 2 is 0.815 bits per heavy atom. The molecule has 0 bridgehead atoms. The second-order valence-electron chi connectivity index (χ2n) is 22.4. The molecule has 0 amide bonds. The van der Waals surface area contributed by atoms with Crippen LogP contribution in [0.3, 0.4) is 0 Å². The Hall–Kier alpha value is -14.0. The zero-order valence-electron chi connectivity index (χ0n) is 55.7. The number of aromatic nitrogens is 25. The van der Waals surface area contributed by atoms with Crippen LogP contribution < -0.4 is 34.0 Å². The Kier molecular flexibility index (Phi) is 21.8. The maximum absolute atomic E-state index is 13.2. The number of anilines is 7. The van der Waals surface area contributed by atoms with E-state index in [9.17, 15) is 17.6 Å². The summed E-state index contributed by atoms with van der Waals surface area (Å²) in [6.45, 7) is 4.89. The highest BCUT2D eigenvalue weighted by Gasteiger charge is 2.32. The molecule has 0 radical (unpaired) electrons. The van der Waals surface area contributed by atoms with Crippen LogP contribution in [0.5, 0.6) is 0 Å². The molecule has 43 heteroatoms. The van der Waals surface area contributed by atoms with Crippen LogP contribution >= 0.6 is 40.7 Å². The minimum absolute atomic E-state index is 0. The average molecular weight is 1580 g/mol. The van der Waals surface area contributed by atoms with E-state index >= 15 is 0 Å². The molecule has 36 nitrogen and oxygen atoms in total. The van der Waals surface area contributed by atoms with E-state index in [2.05, 4.69) is 149 Å². The van der Waals surface area contributed by atoms with Gasteiger partial charge in [-0.25, -0.2) is 62.4 Å². The van der Waals surface area contributed by atoms with E-state index in [0.717, 1.165) is 71.4 Å². The number of fused-ring (bicyclic) bond motifs is 5. The molecule has 0 saturated heterocycles. The van der Waals surface area contributed by atoms with E-state index in [4.69, 9.17) is 37.9 Å². The van der Waals surface area contributed by atoms with Gasteiger partial charge in [0.2, 0.25) is 0 Å². The Labute approximate surface area is 622 Å². The molecule has 18 rings (SSSR count). The predicted molar refractivity (Wildman–Crippen MR) is 392 cm³/mol. The zero-order valence-corrected chi connectivity index (χ0v) is 59.0. The normalized spacial score (nSPS) is 11.1. The SMILES string of the molecule is CCn1c(-c2nonc2N)nc2cnc(Br)cc21.CCn1c(-c2nonc2N)nc2cnc(Nc3ccccc3)cc21.Cl.Cl.Nc1nonc1-c1nc2cnccc2n1-c1ccc(F)cc1.Nc1nonc1-c1nc2cnccc2n1CC(F)(F)F.Nc1nonc1-c1nc2cnccc2n1Cc1ccccc1. The number of nitrogens with two attached hydrogens (primary N) is 5. The van der Waals surface area contributed by atoms with Gasteiger partial charge < -0.3 is 52.3 Å². The highest BCUT2D eigenvalue weighted by molar-refractivity contribution is 9.10. The lowest BCUT2D eigenvalue weighted by Gasteiger charge is -2.10. The molecular weight excluding hydrogens is 1520 g/mol. The van der Waals surface area contributed by atoms with Gasteiger partial charge in [-0.2, -0.15) is 13.2 Å². The first-order chi connectivity index (χ1) is 51.5. The number of nitrogens with one attached hydrogen (secondary N) is 1. The second-order valence-corrected chi connectivity index (χ2v) is 23.2. The van der Waals surface area contributed by atoms with E-state index in [1.165, 1.54) is 30.6 Å². The number of aryl methyl sites for hydroxylation is 2. The highest BCUT2D eigenvalue weighted by atomic mass is 79.9. The van der Waals surface area contributed by atoms with E-state index in [-0.39, 0.29) is 76.8 Å². The molecule has 0 fully saturated rings. The van der Waals surface area contributed by atoms with Gasteiger partial charge in [0.1, 0.15) is 50.4 Å². The molecule has 15 aromatic heterocycles. The molecule has 0 aliphatic carbocycles. The molecule has 3 aromatic carbocycles. The quantitative estimate of drug-likeness (QED) is 0.0461. The van der Waals surface area contributed by atoms with Crippen molar-refractivity contribution < 1.29 is 40.7 Å². The minimum atomic E-state index is -4.42. The van der Waals surface area contributed by atoms with Crippen molar-refractivity contribution in [2.75, 3.05) is 34.0 Å². The molecule has 0 aliphatic heterocycles. The number of hydrogen-bond donors (Lipinski definition) is 6. The molecule has 11 N–H and O–H groups in total. The lowest BCUT2D eigenvalue weighted by Crippen LogP contribution is -2.18. The summed E-state index contributed by atoms with van der Waals surface area (Å²) in [6, 6.07) is 35.0. The van der Waals surface area contributed by atoms with E-state index in [1.54, 1.807) is 59.9 Å². The van der Waals surface area contributed by atoms with Gasteiger partial charge in [-0.05, 0) is 148 Å². The summed E-state index contributed by atoms with van der Waals surface area (Å²) in [7, 11) is 0. The smallest absolute Gasteiger partial charge is 0.379 e. The number of halogens is 7. The number of hydrogen-bond acceptors (Lipinski definition) is 31. The van der Waals surface area contributed by atoms with E-state index < -0.39 is 12.7 Å². The molecule has 108 heavy (non-hydrogen) atoms. The minimum Gasteiger partial charge on any atom is -0.379 e. The highest BCUT2D eigenvalue weighted by Crippen LogP contribution is 2.34.